The van der Waals surface area contributed by atoms with Gasteiger partial charge in [-0.25, -0.2) is 4.98 Å². The van der Waals surface area contributed by atoms with E-state index in [4.69, 9.17) is 5.73 Å². The van der Waals surface area contributed by atoms with Crippen LogP contribution in [-0.2, 0) is 6.42 Å². The van der Waals surface area contributed by atoms with Crippen molar-refractivity contribution in [2.45, 2.75) is 37.8 Å². The molecule has 0 unspecified atom stereocenters. The number of nitrogens with zero attached hydrogens (tertiary/aromatic N) is 4. The van der Waals surface area contributed by atoms with Gasteiger partial charge in [0, 0.05) is 25.5 Å². The van der Waals surface area contributed by atoms with Crippen molar-refractivity contribution in [3.8, 4) is 0 Å². The molecule has 0 bridgehead atoms. The van der Waals surface area contributed by atoms with E-state index in [1.54, 1.807) is 6.20 Å². The predicted molar refractivity (Wildman–Crippen MR) is 119 cm³/mol. The Morgan fingerprint density at radius 3 is 2.81 bits per heavy atom. The molecule has 3 heterocycles. The molecule has 1 saturated heterocycles. The van der Waals surface area contributed by atoms with Crippen LogP contribution in [0.25, 0.3) is 11.0 Å². The monoisotopic (exact) mass is 419 g/mol. The van der Waals surface area contributed by atoms with Crippen molar-refractivity contribution >= 4 is 16.9 Å². The number of aliphatic hydroxyl groups is 1. The molecule has 162 valence electrons. The number of carbonyl (C=O) groups excluding carboxylic acids is 1. The molecule has 1 aliphatic carbocycles. The number of hydrogen-bond donors (Lipinski definition) is 2. The standard InChI is InChI=1S/C24H29N5O2/c25-7-3-4-16-8-17(12-26-11-16)24(31)28-13-18-9-22(23(30)10-19(18)14-28)29-15-27-20-5-1-2-6-21(20)29/h1-2,5-6,8,11-12,15,18-19,22-23,30H,3-4,7,9-10,13-14,25H2/t18-,19+,22-,23-/m1/s1. The van der Waals surface area contributed by atoms with E-state index in [2.05, 4.69) is 20.6 Å². The maximum atomic E-state index is 13.2. The third-order valence-corrected chi connectivity index (χ3v) is 6.95. The van der Waals surface area contributed by atoms with Crippen molar-refractivity contribution in [3.05, 3.63) is 60.2 Å². The van der Waals surface area contributed by atoms with Crippen LogP contribution in [0.2, 0.25) is 0 Å². The summed E-state index contributed by atoms with van der Waals surface area (Å²) in [5.74, 6) is 0.751. The van der Waals surface area contributed by atoms with Crippen LogP contribution in [0, 0.1) is 11.8 Å². The quantitative estimate of drug-likeness (QED) is 0.662. The topological polar surface area (TPSA) is 97.3 Å². The Balaban J connectivity index is 1.31. The largest absolute Gasteiger partial charge is 0.391 e. The van der Waals surface area contributed by atoms with Gasteiger partial charge in [-0.15, -0.1) is 0 Å². The van der Waals surface area contributed by atoms with Gasteiger partial charge in [-0.1, -0.05) is 12.1 Å². The second-order valence-corrected chi connectivity index (χ2v) is 8.95. The summed E-state index contributed by atoms with van der Waals surface area (Å²) in [6, 6.07) is 9.97. The average Bonchev–Trinajstić information content (AvgIpc) is 3.40. The van der Waals surface area contributed by atoms with Crippen molar-refractivity contribution in [1.82, 2.24) is 19.4 Å². The summed E-state index contributed by atoms with van der Waals surface area (Å²) in [6.07, 6.45) is 8.16. The van der Waals surface area contributed by atoms with Crippen molar-refractivity contribution in [2.75, 3.05) is 19.6 Å². The van der Waals surface area contributed by atoms with Gasteiger partial charge in [-0.3, -0.25) is 9.78 Å². The molecule has 5 rings (SSSR count). The number of hydrogen-bond acceptors (Lipinski definition) is 5. The second-order valence-electron chi connectivity index (χ2n) is 8.95. The van der Waals surface area contributed by atoms with Crippen LogP contribution in [0.5, 0.6) is 0 Å². The smallest absolute Gasteiger partial charge is 0.255 e. The molecule has 3 N–H and O–H groups in total. The molecule has 1 aliphatic heterocycles. The van der Waals surface area contributed by atoms with Crippen LogP contribution in [0.15, 0.2) is 49.1 Å². The maximum Gasteiger partial charge on any atom is 0.255 e. The third-order valence-electron chi connectivity index (χ3n) is 6.95. The molecule has 1 saturated carbocycles. The van der Waals surface area contributed by atoms with Gasteiger partial charge in [0.1, 0.15) is 0 Å². The number of aromatic nitrogens is 3. The fourth-order valence-electron chi connectivity index (χ4n) is 5.34. The lowest BCUT2D eigenvalue weighted by atomic mass is 9.77. The zero-order chi connectivity index (χ0) is 21.4. The number of aryl methyl sites for hydroxylation is 1. The molecule has 3 aromatic rings. The average molecular weight is 420 g/mol. The Bertz CT molecular complexity index is 1080. The summed E-state index contributed by atoms with van der Waals surface area (Å²) in [6.45, 7) is 2.06. The Kier molecular flexibility index (Phi) is 5.46. The highest BCUT2D eigenvalue weighted by atomic mass is 16.3. The molecule has 0 spiro atoms. The van der Waals surface area contributed by atoms with E-state index < -0.39 is 6.10 Å². The minimum absolute atomic E-state index is 0.00930. The van der Waals surface area contributed by atoms with Crippen LogP contribution in [0.4, 0.5) is 0 Å². The number of imidazole rings is 1. The SMILES string of the molecule is NCCCc1cncc(C(=O)N2C[C@H]3C[C@@H](n4cnc5ccccc54)[C@H](O)C[C@H]3C2)c1. The molecule has 1 aromatic carbocycles. The van der Waals surface area contributed by atoms with Crippen molar-refractivity contribution in [1.29, 1.82) is 0 Å². The fourth-order valence-corrected chi connectivity index (χ4v) is 5.34. The van der Waals surface area contributed by atoms with Gasteiger partial charge in [0.15, 0.2) is 0 Å². The van der Waals surface area contributed by atoms with E-state index in [1.165, 1.54) is 0 Å². The van der Waals surface area contributed by atoms with Gasteiger partial charge < -0.3 is 20.3 Å². The summed E-state index contributed by atoms with van der Waals surface area (Å²) in [5.41, 5.74) is 9.30. The molecule has 0 radical (unpaired) electrons. The van der Waals surface area contributed by atoms with Crippen molar-refractivity contribution in [3.63, 3.8) is 0 Å². The lowest BCUT2D eigenvalue weighted by molar-refractivity contribution is 0.0374. The van der Waals surface area contributed by atoms with E-state index in [1.807, 2.05) is 41.7 Å². The lowest BCUT2D eigenvalue weighted by Crippen LogP contribution is -2.36. The summed E-state index contributed by atoms with van der Waals surface area (Å²) >= 11 is 0. The Morgan fingerprint density at radius 1 is 1.16 bits per heavy atom. The fraction of sp³-hybridized carbons (Fsp3) is 0.458. The molecule has 2 aromatic heterocycles. The molecule has 7 heteroatoms. The van der Waals surface area contributed by atoms with Gasteiger partial charge in [0.05, 0.1) is 35.1 Å². The number of benzene rings is 1. The first-order chi connectivity index (χ1) is 15.1. The molecule has 2 fully saturated rings. The maximum absolute atomic E-state index is 13.2. The van der Waals surface area contributed by atoms with Crippen LogP contribution in [0.3, 0.4) is 0 Å². The van der Waals surface area contributed by atoms with E-state index in [0.717, 1.165) is 42.4 Å². The Morgan fingerprint density at radius 2 is 1.97 bits per heavy atom. The molecular weight excluding hydrogens is 390 g/mol. The second kappa shape index (κ2) is 8.40. The summed E-state index contributed by atoms with van der Waals surface area (Å²) in [5, 5.41) is 10.9. The molecule has 1 amide bonds. The number of carbonyl (C=O) groups is 1. The van der Waals surface area contributed by atoms with Crippen LogP contribution in [-0.4, -0.2) is 56.2 Å². The Hall–Kier alpha value is -2.77. The normalized spacial score (nSPS) is 25.7. The number of likely N-dealkylation sites (tertiary alicyclic amines) is 1. The number of fused-ring (bicyclic) bond motifs is 2. The van der Waals surface area contributed by atoms with E-state index in [0.29, 0.717) is 36.9 Å². The molecule has 7 nitrogen and oxygen atoms in total. The van der Waals surface area contributed by atoms with Gasteiger partial charge in [-0.2, -0.15) is 0 Å². The number of pyridine rings is 1. The van der Waals surface area contributed by atoms with Crippen LogP contribution in [0.1, 0.15) is 41.2 Å². The van der Waals surface area contributed by atoms with E-state index >= 15 is 0 Å². The molecular formula is C24H29N5O2. The predicted octanol–water partition coefficient (Wildman–Crippen LogP) is 2.41. The zero-order valence-corrected chi connectivity index (χ0v) is 17.6. The molecule has 31 heavy (non-hydrogen) atoms. The zero-order valence-electron chi connectivity index (χ0n) is 17.6. The highest BCUT2D eigenvalue weighted by molar-refractivity contribution is 5.94. The van der Waals surface area contributed by atoms with Gasteiger partial charge in [0.2, 0.25) is 0 Å². The number of aliphatic hydroxyl groups excluding tert-OH is 1. The number of rotatable bonds is 5. The van der Waals surface area contributed by atoms with Crippen molar-refractivity contribution < 1.29 is 9.90 Å². The minimum Gasteiger partial charge on any atom is -0.391 e. The lowest BCUT2D eigenvalue weighted by Gasteiger charge is -2.36. The van der Waals surface area contributed by atoms with Gasteiger partial charge in [0.25, 0.3) is 5.91 Å². The number of nitrogens with two attached hydrogens (primary N) is 1. The first kappa shape index (κ1) is 20.2. The van der Waals surface area contributed by atoms with E-state index in [9.17, 15) is 9.90 Å². The third kappa shape index (κ3) is 3.83. The first-order valence-corrected chi connectivity index (χ1v) is 11.2. The van der Waals surface area contributed by atoms with Crippen LogP contribution >= 0.6 is 0 Å². The first-order valence-electron chi connectivity index (χ1n) is 11.2. The summed E-state index contributed by atoms with van der Waals surface area (Å²) in [4.78, 5) is 23.9. The van der Waals surface area contributed by atoms with E-state index in [-0.39, 0.29) is 11.9 Å². The highest BCUT2D eigenvalue weighted by Crippen LogP contribution is 2.42. The summed E-state index contributed by atoms with van der Waals surface area (Å²) in [7, 11) is 0. The highest BCUT2D eigenvalue weighted by Gasteiger charge is 2.44. The van der Waals surface area contributed by atoms with Crippen molar-refractivity contribution in [2.24, 2.45) is 17.6 Å². The van der Waals surface area contributed by atoms with Gasteiger partial charge >= 0.3 is 0 Å². The summed E-state index contributed by atoms with van der Waals surface area (Å²) < 4.78 is 2.12. The molecule has 2 aliphatic rings. The van der Waals surface area contributed by atoms with Gasteiger partial charge in [-0.05, 0) is 67.8 Å². The number of para-hydroxylation sites is 2. The Labute approximate surface area is 181 Å². The minimum atomic E-state index is -0.435. The van der Waals surface area contributed by atoms with Crippen LogP contribution < -0.4 is 5.73 Å². The number of amides is 1. The molecule has 4 atom stereocenters.